The summed E-state index contributed by atoms with van der Waals surface area (Å²) in [5, 5.41) is 0.342. The summed E-state index contributed by atoms with van der Waals surface area (Å²) in [6.45, 7) is 5.31. The first-order valence-corrected chi connectivity index (χ1v) is 9.92. The quantitative estimate of drug-likeness (QED) is 0.294. The number of esters is 1. The van der Waals surface area contributed by atoms with E-state index in [-0.39, 0.29) is 17.1 Å². The zero-order valence-corrected chi connectivity index (χ0v) is 17.5. The van der Waals surface area contributed by atoms with Gasteiger partial charge in [0.1, 0.15) is 23.3 Å². The van der Waals surface area contributed by atoms with E-state index in [1.165, 1.54) is 12.3 Å². The minimum absolute atomic E-state index is 0.0828. The Labute approximate surface area is 179 Å². The molecule has 0 spiro atoms. The van der Waals surface area contributed by atoms with E-state index in [0.717, 1.165) is 11.1 Å². The van der Waals surface area contributed by atoms with E-state index in [0.29, 0.717) is 22.5 Å². The van der Waals surface area contributed by atoms with Crippen molar-refractivity contribution in [3.63, 3.8) is 0 Å². The lowest BCUT2D eigenvalue weighted by molar-refractivity contribution is -0.142. The van der Waals surface area contributed by atoms with Gasteiger partial charge in [0.2, 0.25) is 11.2 Å². The topological polar surface area (TPSA) is 65.7 Å². The highest BCUT2D eigenvalue weighted by molar-refractivity contribution is 5.82. The molecule has 31 heavy (non-hydrogen) atoms. The molecule has 0 radical (unpaired) electrons. The number of carbonyl (C=O) groups is 1. The Hall–Kier alpha value is -3.86. The highest BCUT2D eigenvalue weighted by Gasteiger charge is 2.24. The first-order valence-electron chi connectivity index (χ1n) is 9.92. The van der Waals surface area contributed by atoms with Crippen LogP contribution in [0.4, 0.5) is 0 Å². The summed E-state index contributed by atoms with van der Waals surface area (Å²) in [7, 11) is 0. The van der Waals surface area contributed by atoms with Gasteiger partial charge in [-0.05, 0) is 56.2 Å². The maximum atomic E-state index is 12.8. The molecule has 1 heterocycles. The van der Waals surface area contributed by atoms with Crippen molar-refractivity contribution >= 4 is 16.9 Å². The van der Waals surface area contributed by atoms with Crippen molar-refractivity contribution in [2.75, 3.05) is 0 Å². The number of ether oxygens (including phenoxy) is 2. The van der Waals surface area contributed by atoms with E-state index in [1.54, 1.807) is 45.0 Å². The van der Waals surface area contributed by atoms with Gasteiger partial charge in [-0.15, -0.1) is 0 Å². The number of carbonyl (C=O) groups excluding carboxylic acids is 1. The second kappa shape index (κ2) is 8.11. The van der Waals surface area contributed by atoms with Gasteiger partial charge in [-0.2, -0.15) is 0 Å². The van der Waals surface area contributed by atoms with Crippen LogP contribution in [0, 0.1) is 5.41 Å². The molecule has 0 amide bonds. The van der Waals surface area contributed by atoms with Crippen LogP contribution in [0.15, 0.2) is 88.3 Å². The van der Waals surface area contributed by atoms with Crippen LogP contribution in [0.2, 0.25) is 0 Å². The van der Waals surface area contributed by atoms with Gasteiger partial charge in [-0.25, -0.2) is 0 Å². The Morgan fingerprint density at radius 2 is 1.48 bits per heavy atom. The lowest BCUT2D eigenvalue weighted by Gasteiger charge is -2.16. The Morgan fingerprint density at radius 1 is 0.839 bits per heavy atom. The van der Waals surface area contributed by atoms with Gasteiger partial charge < -0.3 is 13.9 Å². The van der Waals surface area contributed by atoms with Gasteiger partial charge in [0, 0.05) is 6.07 Å². The van der Waals surface area contributed by atoms with E-state index in [4.69, 9.17) is 13.9 Å². The highest BCUT2D eigenvalue weighted by Crippen LogP contribution is 2.27. The molecule has 0 fully saturated rings. The summed E-state index contributed by atoms with van der Waals surface area (Å²) < 4.78 is 16.7. The Kier molecular flexibility index (Phi) is 5.34. The molecule has 3 aromatic carbocycles. The lowest BCUT2D eigenvalue weighted by atomic mass is 9.97. The Morgan fingerprint density at radius 3 is 2.16 bits per heavy atom. The standard InChI is InChI=1S/C26H22O5/c1-26(2,3)25(28)31-20-13-14-21-22(15-20)29-16-23(24(21)27)30-19-11-9-18(10-12-19)17-7-5-4-6-8-17/h4-16H,1-3H3. The van der Waals surface area contributed by atoms with E-state index >= 15 is 0 Å². The fraction of sp³-hybridized carbons (Fsp3) is 0.154. The van der Waals surface area contributed by atoms with Gasteiger partial charge in [0.25, 0.3) is 0 Å². The second-order valence-electron chi connectivity index (χ2n) is 8.22. The van der Waals surface area contributed by atoms with Crippen molar-refractivity contribution in [2.45, 2.75) is 20.8 Å². The molecular weight excluding hydrogens is 392 g/mol. The fourth-order valence-electron chi connectivity index (χ4n) is 2.96. The molecule has 0 aliphatic carbocycles. The first-order chi connectivity index (χ1) is 14.8. The van der Waals surface area contributed by atoms with Crippen molar-refractivity contribution in [1.82, 2.24) is 0 Å². The third-order valence-electron chi connectivity index (χ3n) is 4.73. The maximum Gasteiger partial charge on any atom is 0.316 e. The molecule has 5 heteroatoms. The van der Waals surface area contributed by atoms with Crippen LogP contribution in [-0.2, 0) is 4.79 Å². The molecule has 0 N–H and O–H groups in total. The molecule has 4 aromatic rings. The van der Waals surface area contributed by atoms with E-state index < -0.39 is 5.41 Å². The van der Waals surface area contributed by atoms with Gasteiger partial charge in [-0.3, -0.25) is 9.59 Å². The predicted molar refractivity (Wildman–Crippen MR) is 120 cm³/mol. The molecule has 0 bridgehead atoms. The van der Waals surface area contributed by atoms with Crippen molar-refractivity contribution in [1.29, 1.82) is 0 Å². The summed E-state index contributed by atoms with van der Waals surface area (Å²) >= 11 is 0. The van der Waals surface area contributed by atoms with Gasteiger partial charge in [0.05, 0.1) is 10.8 Å². The summed E-state index contributed by atoms with van der Waals surface area (Å²) in [5.41, 5.74) is 1.53. The Bertz CT molecular complexity index is 1280. The Balaban J connectivity index is 1.56. The predicted octanol–water partition coefficient (Wildman–Crippen LogP) is 6.20. The minimum Gasteiger partial charge on any atom is -0.460 e. The van der Waals surface area contributed by atoms with Crippen LogP contribution in [-0.4, -0.2) is 5.97 Å². The third-order valence-corrected chi connectivity index (χ3v) is 4.73. The normalized spacial score (nSPS) is 11.3. The molecular formula is C26H22O5. The number of hydrogen-bond donors (Lipinski definition) is 0. The summed E-state index contributed by atoms with van der Waals surface area (Å²) in [6.07, 6.45) is 1.27. The van der Waals surface area contributed by atoms with Crippen molar-refractivity contribution in [3.05, 3.63) is 89.3 Å². The van der Waals surface area contributed by atoms with Crippen molar-refractivity contribution < 1.29 is 18.7 Å². The summed E-state index contributed by atoms with van der Waals surface area (Å²) in [6, 6.07) is 22.1. The monoisotopic (exact) mass is 414 g/mol. The van der Waals surface area contributed by atoms with Crippen LogP contribution < -0.4 is 14.9 Å². The molecule has 0 atom stereocenters. The van der Waals surface area contributed by atoms with E-state index in [2.05, 4.69) is 0 Å². The smallest absolute Gasteiger partial charge is 0.316 e. The van der Waals surface area contributed by atoms with E-state index in [1.807, 2.05) is 42.5 Å². The van der Waals surface area contributed by atoms with Crippen molar-refractivity contribution in [2.24, 2.45) is 5.41 Å². The molecule has 5 nitrogen and oxygen atoms in total. The average Bonchev–Trinajstić information content (AvgIpc) is 2.76. The largest absolute Gasteiger partial charge is 0.460 e. The van der Waals surface area contributed by atoms with Crippen LogP contribution in [0.5, 0.6) is 17.2 Å². The zero-order chi connectivity index (χ0) is 22.0. The van der Waals surface area contributed by atoms with Crippen LogP contribution in [0.1, 0.15) is 20.8 Å². The second-order valence-corrected chi connectivity index (χ2v) is 8.22. The number of fused-ring (bicyclic) bond motifs is 1. The summed E-state index contributed by atoms with van der Waals surface area (Å²) in [4.78, 5) is 24.9. The summed E-state index contributed by atoms with van der Waals surface area (Å²) in [5.74, 6) is 0.565. The van der Waals surface area contributed by atoms with Gasteiger partial charge >= 0.3 is 5.97 Å². The molecule has 0 saturated heterocycles. The molecule has 156 valence electrons. The van der Waals surface area contributed by atoms with Crippen molar-refractivity contribution in [3.8, 4) is 28.4 Å². The van der Waals surface area contributed by atoms with Crippen LogP contribution in [0.25, 0.3) is 22.1 Å². The maximum absolute atomic E-state index is 12.8. The SMILES string of the molecule is CC(C)(C)C(=O)Oc1ccc2c(=O)c(Oc3ccc(-c4ccccc4)cc3)coc2c1. The molecule has 1 aromatic heterocycles. The molecule has 0 unspecified atom stereocenters. The van der Waals surface area contributed by atoms with E-state index in [9.17, 15) is 9.59 Å². The number of benzene rings is 3. The number of hydrogen-bond acceptors (Lipinski definition) is 5. The number of rotatable bonds is 4. The highest BCUT2D eigenvalue weighted by atomic mass is 16.5. The fourth-order valence-corrected chi connectivity index (χ4v) is 2.96. The first kappa shape index (κ1) is 20.4. The van der Waals surface area contributed by atoms with Crippen LogP contribution >= 0.6 is 0 Å². The molecule has 4 rings (SSSR count). The minimum atomic E-state index is -0.635. The molecule has 0 aliphatic rings. The lowest BCUT2D eigenvalue weighted by Crippen LogP contribution is -2.25. The van der Waals surface area contributed by atoms with Crippen LogP contribution in [0.3, 0.4) is 0 Å². The third kappa shape index (κ3) is 4.51. The van der Waals surface area contributed by atoms with Gasteiger partial charge in [-0.1, -0.05) is 42.5 Å². The zero-order valence-electron chi connectivity index (χ0n) is 17.5. The molecule has 0 aliphatic heterocycles. The average molecular weight is 414 g/mol. The molecule has 0 saturated carbocycles. The van der Waals surface area contributed by atoms with Gasteiger partial charge in [0.15, 0.2) is 0 Å².